The molecule has 0 aliphatic carbocycles. The van der Waals surface area contributed by atoms with Gasteiger partial charge in [-0.05, 0) is 96.9 Å². The molecule has 4 atom stereocenters. The molecule has 1 unspecified atom stereocenters. The van der Waals surface area contributed by atoms with E-state index in [-0.39, 0.29) is 77.8 Å². The highest BCUT2D eigenvalue weighted by Crippen LogP contribution is 2.36. The quantitative estimate of drug-likeness (QED) is 0.137. The molecule has 2 fully saturated rings. The molecule has 3 aliphatic heterocycles. The fourth-order valence-electron chi connectivity index (χ4n) is 8.80. The number of carbonyl (C=O) groups is 3. The minimum atomic E-state index is -0.693. The monoisotopic (exact) mass is 921 g/mol. The fraction of sp³-hybridized carbons (Fsp3) is 0.457. The van der Waals surface area contributed by atoms with E-state index in [1.54, 1.807) is 6.20 Å². The first kappa shape index (κ1) is 50.6. The van der Waals surface area contributed by atoms with E-state index < -0.39 is 18.2 Å². The lowest BCUT2D eigenvalue weighted by atomic mass is 9.95. The number of benzene rings is 3. The average molecular weight is 922 g/mol. The number of ether oxygens (including phenoxy) is 2. The van der Waals surface area contributed by atoms with Crippen molar-refractivity contribution < 1.29 is 23.9 Å². The van der Waals surface area contributed by atoms with Gasteiger partial charge in [-0.15, -0.1) is 0 Å². The number of nitrogens with zero attached hydrogens (tertiary/aromatic N) is 3. The number of aromatic nitrogens is 4. The Morgan fingerprint density at radius 1 is 0.758 bits per heavy atom. The Balaban J connectivity index is 0.00000211. The number of nitrogens with one attached hydrogen (secondary N) is 4. The molecule has 5 aromatic rings. The summed E-state index contributed by atoms with van der Waals surface area (Å²) in [5, 5.41) is 5.77. The molecule has 3 aromatic carbocycles. The molecule has 62 heavy (non-hydrogen) atoms. The van der Waals surface area contributed by atoms with Gasteiger partial charge in [0, 0.05) is 25.7 Å². The van der Waals surface area contributed by atoms with Crippen LogP contribution in [0.4, 0.5) is 4.79 Å². The zero-order valence-electron chi connectivity index (χ0n) is 35.6. The number of aromatic amines is 2. The second kappa shape index (κ2) is 23.6. The van der Waals surface area contributed by atoms with Crippen LogP contribution in [0, 0.1) is 5.92 Å². The molecule has 2 bridgehead atoms. The summed E-state index contributed by atoms with van der Waals surface area (Å²) in [6.45, 7) is 4.02. The first-order chi connectivity index (χ1) is 28.3. The van der Waals surface area contributed by atoms with Crippen molar-refractivity contribution in [3.8, 4) is 33.5 Å². The van der Waals surface area contributed by atoms with Crippen LogP contribution < -0.4 is 10.6 Å². The van der Waals surface area contributed by atoms with Crippen LogP contribution >= 0.6 is 54.0 Å². The molecule has 0 spiro atoms. The van der Waals surface area contributed by atoms with E-state index in [0.29, 0.717) is 31.9 Å². The van der Waals surface area contributed by atoms with Gasteiger partial charge in [0.2, 0.25) is 11.8 Å². The molecular formula is C46H63N7O5S4. The van der Waals surface area contributed by atoms with Gasteiger partial charge < -0.3 is 35.0 Å². The van der Waals surface area contributed by atoms with Gasteiger partial charge in [0.15, 0.2) is 0 Å². The highest BCUT2D eigenvalue weighted by atomic mass is 32.1. The van der Waals surface area contributed by atoms with Crippen molar-refractivity contribution in [3.63, 3.8) is 0 Å². The molecule has 0 saturated carbocycles. The first-order valence-corrected chi connectivity index (χ1v) is 21.2. The molecule has 12 nitrogen and oxygen atoms in total. The zero-order valence-corrected chi connectivity index (χ0v) is 39.6. The summed E-state index contributed by atoms with van der Waals surface area (Å²) >= 11 is 0. The lowest BCUT2D eigenvalue weighted by Crippen LogP contribution is -2.48. The summed E-state index contributed by atoms with van der Waals surface area (Å²) in [6.07, 6.45) is 11.9. The number of aryl methyl sites for hydroxylation is 1. The largest absolute Gasteiger partial charge is 0.453 e. The molecule has 8 rings (SSSR count). The molecule has 3 aliphatic rings. The number of amides is 3. The first-order valence-electron chi connectivity index (χ1n) is 21.2. The molecule has 5 heterocycles. The minimum Gasteiger partial charge on any atom is -0.453 e. The maximum Gasteiger partial charge on any atom is 0.407 e. The second-order valence-electron chi connectivity index (χ2n) is 16.2. The Labute approximate surface area is 392 Å². The maximum atomic E-state index is 13.4. The van der Waals surface area contributed by atoms with E-state index in [4.69, 9.17) is 14.5 Å². The highest BCUT2D eigenvalue weighted by molar-refractivity contribution is 7.59. The summed E-state index contributed by atoms with van der Waals surface area (Å²) in [5.41, 5.74) is 9.68. The molecule has 2 saturated heterocycles. The SMILES string of the molecule is COC(=O)N[C@H]1CCCCCOCC[C@@H](c2ncc(-c3ccc(-c4ccc(-c5cc6c7nc([nH]c7c5)C5CCCN5C(=O)[C@@H](C)CCCCC6)cc4)cc3)[nH]2)NC1=O.S.S.S.S. The number of rotatable bonds is 5. The van der Waals surface area contributed by atoms with Crippen molar-refractivity contribution in [3.05, 3.63) is 84.1 Å². The molecule has 3 amide bonds. The Bertz CT molecular complexity index is 2230. The van der Waals surface area contributed by atoms with Crippen LogP contribution in [-0.2, 0) is 25.5 Å². The van der Waals surface area contributed by atoms with E-state index in [2.05, 4.69) is 98.1 Å². The third-order valence-corrected chi connectivity index (χ3v) is 12.2. The van der Waals surface area contributed by atoms with E-state index in [0.717, 1.165) is 121 Å². The summed E-state index contributed by atoms with van der Waals surface area (Å²) < 4.78 is 10.6. The summed E-state index contributed by atoms with van der Waals surface area (Å²) in [5.74, 6) is 1.59. The van der Waals surface area contributed by atoms with E-state index in [1.807, 2.05) is 0 Å². The molecule has 0 radical (unpaired) electrons. The van der Waals surface area contributed by atoms with E-state index >= 15 is 0 Å². The van der Waals surface area contributed by atoms with Crippen molar-refractivity contribution in [1.29, 1.82) is 0 Å². The molecular weight excluding hydrogens is 859 g/mol. The predicted octanol–water partition coefficient (Wildman–Crippen LogP) is 9.02. The Kier molecular flexibility index (Phi) is 19.2. The zero-order chi connectivity index (χ0) is 40.0. The third kappa shape index (κ3) is 11.7. The van der Waals surface area contributed by atoms with Crippen LogP contribution in [0.5, 0.6) is 0 Å². The lowest BCUT2D eigenvalue weighted by molar-refractivity contribution is -0.136. The maximum absolute atomic E-state index is 13.4. The number of alkyl carbamates (subject to hydrolysis) is 1. The smallest absolute Gasteiger partial charge is 0.407 e. The standard InChI is InChI=1S/C46H55N7O5.4H2S/c1-29-10-5-3-6-11-34-26-35(27-38-41(34)52-43(48-38)40-13-9-23-53(40)45(29)55)32-16-14-30(15-17-32)31-18-20-33(21-19-31)39-28-47-42(49-39)36-22-25-58-24-8-4-7-12-37(44(54)50-36)51-46(56)57-2;;;;/h14-21,26-29,36-37,40H,3-13,22-25H2,1-2H3,(H,47,49)(H,48,52)(H,50,54)(H,51,56);4*1H2/t29-,36-,37-,40?;;;;/m0..../s1. The number of hydrogen-bond acceptors (Lipinski definition) is 7. The number of imidazole rings is 2. The number of methoxy groups -OCH3 is 1. The average Bonchev–Trinajstić information content (AvgIpc) is 4.03. The van der Waals surface area contributed by atoms with Crippen LogP contribution in [0.1, 0.15) is 107 Å². The lowest BCUT2D eigenvalue weighted by Gasteiger charge is -2.26. The van der Waals surface area contributed by atoms with Crippen molar-refractivity contribution in [2.45, 2.75) is 102 Å². The van der Waals surface area contributed by atoms with Crippen LogP contribution in [0.3, 0.4) is 0 Å². The predicted molar refractivity (Wildman–Crippen MR) is 265 cm³/mol. The van der Waals surface area contributed by atoms with Crippen molar-refractivity contribution in [2.24, 2.45) is 5.92 Å². The topological polar surface area (TPSA) is 154 Å². The molecule has 2 aromatic heterocycles. The molecule has 4 N–H and O–H groups in total. The van der Waals surface area contributed by atoms with Gasteiger partial charge in [-0.25, -0.2) is 14.8 Å². The second-order valence-corrected chi connectivity index (χ2v) is 16.2. The van der Waals surface area contributed by atoms with Gasteiger partial charge in [-0.3, -0.25) is 9.59 Å². The summed E-state index contributed by atoms with van der Waals surface area (Å²) in [7, 11) is 1.30. The van der Waals surface area contributed by atoms with Crippen molar-refractivity contribution in [2.75, 3.05) is 26.9 Å². The highest BCUT2D eigenvalue weighted by Gasteiger charge is 2.34. The van der Waals surface area contributed by atoms with Crippen LogP contribution in [0.15, 0.2) is 66.9 Å². The van der Waals surface area contributed by atoms with Crippen LogP contribution in [-0.4, -0.2) is 75.7 Å². The Hall–Kier alpha value is -4.09. The fourth-order valence-corrected chi connectivity index (χ4v) is 8.80. The van der Waals surface area contributed by atoms with Gasteiger partial charge in [0.1, 0.15) is 17.7 Å². The van der Waals surface area contributed by atoms with Crippen LogP contribution in [0.2, 0.25) is 0 Å². The van der Waals surface area contributed by atoms with Gasteiger partial charge in [0.25, 0.3) is 0 Å². The van der Waals surface area contributed by atoms with E-state index in [1.165, 1.54) is 12.7 Å². The van der Waals surface area contributed by atoms with Gasteiger partial charge in [-0.2, -0.15) is 54.0 Å². The number of fused-ring (bicyclic) bond motifs is 3. The number of hydrogen-bond donors (Lipinski definition) is 4. The minimum absolute atomic E-state index is 0. The number of H-pyrrole nitrogens is 2. The van der Waals surface area contributed by atoms with Crippen molar-refractivity contribution >= 4 is 82.9 Å². The van der Waals surface area contributed by atoms with Crippen LogP contribution in [0.25, 0.3) is 44.5 Å². The van der Waals surface area contributed by atoms with Gasteiger partial charge in [-0.1, -0.05) is 81.1 Å². The Morgan fingerprint density at radius 3 is 2.16 bits per heavy atom. The van der Waals surface area contributed by atoms with E-state index in [9.17, 15) is 14.4 Å². The summed E-state index contributed by atoms with van der Waals surface area (Å²) in [4.78, 5) is 57.7. The van der Waals surface area contributed by atoms with Crippen molar-refractivity contribution in [1.82, 2.24) is 35.5 Å². The molecule has 336 valence electrons. The Morgan fingerprint density at radius 2 is 1.44 bits per heavy atom. The third-order valence-electron chi connectivity index (χ3n) is 12.2. The summed E-state index contributed by atoms with van der Waals surface area (Å²) in [6, 6.07) is 20.5. The normalized spacial score (nSPS) is 21.0. The van der Waals surface area contributed by atoms with Gasteiger partial charge in [0.05, 0.1) is 42.1 Å². The molecule has 16 heteroatoms. The van der Waals surface area contributed by atoms with Gasteiger partial charge >= 0.3 is 6.09 Å². The number of carbonyl (C=O) groups excluding carboxylic acids is 3.